The quantitative estimate of drug-likeness (QED) is 0.0270. The number of esters is 1. The topological polar surface area (TPSA) is 632 Å². The zero-order valence-electron chi connectivity index (χ0n) is 70.0. The molecule has 662 valence electrons. The molecule has 39 nitrogen and oxygen atoms in total. The largest absolute Gasteiger partial charge is 0.481 e. The van der Waals surface area contributed by atoms with Gasteiger partial charge in [-0.2, -0.15) is 0 Å². The minimum Gasteiger partial charge on any atom is -0.481 e. The third-order valence-corrected chi connectivity index (χ3v) is 22.2. The standard InChI is InChI=1S/C77H135N15O24/c1-16-39(6)32-40(7)33-41(8)62(100)45(12)67(104)83-49(21-19-28-78)68(105)82-48(25-27-57(96)97)63(101)64(102)74(111)89-59(43(10)44(11)66(81)103)71(108)90-61-65(42(9)38(4)5)116-77(114)54-23-17-18-30-92(54)76(113)52(35-58(98)99)86-72(109)60(46(13)115-15)88-56(95)34-47(24-26-55(80)94)91(14)75(112)51(31-37(2)3)85-69(106)50(22-20-29-79)84-70(107)53(36-93)87-73(61)110/h37-54,59-65,93,100-102H,16-36,78-79H2,1-15H3,(H2,80,94)(H2,81,103)(H,82,105)(H,83,104)(H,84,107)(H,85,106)(H,86,109)(H,87,110)(H,88,95)(H,89,111)(H,90,108)(H,96,97)(H,98,99)/t39-,40-,41-,42-,43+,44-,45-,46-,47+,48+,49-,50-,51+,52-,53-,54+,59+,60+,61-,62-,63-,64-,65-/m1/s1. The molecule has 0 spiro atoms. The van der Waals surface area contributed by atoms with Gasteiger partial charge in [0.15, 0.2) is 6.10 Å². The number of piperidine rings is 1. The Labute approximate surface area is 679 Å². The Balaban J connectivity index is 3.09. The lowest BCUT2D eigenvalue weighted by molar-refractivity contribution is -0.168. The zero-order chi connectivity index (χ0) is 88.5. The predicted octanol–water partition coefficient (Wildman–Crippen LogP) is -3.10. The number of nitrogens with one attached hydrogen (secondary N) is 9. The van der Waals surface area contributed by atoms with Gasteiger partial charge in [0.2, 0.25) is 70.9 Å². The molecule has 23 N–H and O–H groups in total. The number of hydrogen-bond donors (Lipinski definition) is 19. The Hall–Kier alpha value is -8.76. The summed E-state index contributed by atoms with van der Waals surface area (Å²) in [5, 5.41) is 88.4. The number of carbonyl (C=O) groups is 16. The number of likely N-dealkylation sites (N-methyl/N-ethyl adjacent to an activating group) is 1. The number of aliphatic hydroxyl groups excluding tert-OH is 4. The highest BCUT2D eigenvalue weighted by Crippen LogP contribution is 2.30. The van der Waals surface area contributed by atoms with Gasteiger partial charge in [-0.25, -0.2) is 4.79 Å². The third kappa shape index (κ3) is 33.0. The van der Waals surface area contributed by atoms with E-state index in [9.17, 15) is 88.2 Å². The lowest BCUT2D eigenvalue weighted by Gasteiger charge is -2.39. The van der Waals surface area contributed by atoms with Crippen molar-refractivity contribution in [2.24, 2.45) is 76.2 Å². The summed E-state index contributed by atoms with van der Waals surface area (Å²) in [5.74, 6) is -24.9. The molecule has 0 bridgehead atoms. The van der Waals surface area contributed by atoms with Crippen molar-refractivity contribution < 1.29 is 117 Å². The van der Waals surface area contributed by atoms with E-state index in [1.54, 1.807) is 34.6 Å². The molecule has 0 aliphatic carbocycles. The molecule has 0 radical (unpaired) electrons. The number of methoxy groups -OCH3 is 1. The number of primary amides is 2. The van der Waals surface area contributed by atoms with Crippen molar-refractivity contribution in [3.8, 4) is 0 Å². The van der Waals surface area contributed by atoms with Crippen molar-refractivity contribution in [1.82, 2.24) is 57.7 Å². The van der Waals surface area contributed by atoms with Gasteiger partial charge in [-0.1, -0.05) is 89.5 Å². The molecule has 116 heavy (non-hydrogen) atoms. The second-order valence-electron chi connectivity index (χ2n) is 32.3. The molecule has 23 atom stereocenters. The number of amides is 13. The van der Waals surface area contributed by atoms with Crippen LogP contribution in [0.3, 0.4) is 0 Å². The fourth-order valence-electron chi connectivity index (χ4n) is 14.1. The number of hydrogen-bond acceptors (Lipinski definition) is 24. The van der Waals surface area contributed by atoms with E-state index >= 15 is 19.2 Å². The van der Waals surface area contributed by atoms with Crippen LogP contribution in [-0.2, 0) is 86.2 Å². The molecular weight excluding hydrogens is 1520 g/mol. The Kier molecular flexibility index (Phi) is 45.2. The third-order valence-electron chi connectivity index (χ3n) is 22.2. The number of carboxylic acid groups (broad SMARTS) is 2. The van der Waals surface area contributed by atoms with Crippen LogP contribution in [0.4, 0.5) is 0 Å². The lowest BCUT2D eigenvalue weighted by Crippen LogP contribution is -2.65. The highest BCUT2D eigenvalue weighted by molar-refractivity contribution is 5.99. The van der Waals surface area contributed by atoms with E-state index in [0.29, 0.717) is 12.3 Å². The SMILES string of the molecule is CC[C@@H](C)C[C@@H](C)C[C@@H](C)[C@@H](O)[C@@H](C)C(=O)N[C@H](CCCN)C(=O)N[C@@H](CCC(=O)O)[C@@H](O)[C@@H](O)C(=O)N[C@H](C(=O)N[C@H]1C(=O)N[C@H](CO)C(=O)N[C@H](CCCN)C(=O)N[C@@H](CC(C)C)C(=O)N(C)[C@@H](CCC(N)=O)CC(=O)N[C@@H]([C@@H](C)OC)C(=O)N[C@H](CC(=O)O)C(=O)N2CCCC[C@H]2C(=O)O[C@@H]1[C@H](C)C(C)C)[C@@H](C)[C@@H](C)C(N)=O. The van der Waals surface area contributed by atoms with Crippen molar-refractivity contribution in [3.05, 3.63) is 0 Å². The van der Waals surface area contributed by atoms with Gasteiger partial charge in [-0.3, -0.25) is 71.9 Å². The molecule has 2 saturated heterocycles. The number of cyclic esters (lactones) is 1. The van der Waals surface area contributed by atoms with E-state index in [1.165, 1.54) is 48.8 Å². The van der Waals surface area contributed by atoms with E-state index in [1.807, 2.05) is 6.92 Å². The summed E-state index contributed by atoms with van der Waals surface area (Å²) >= 11 is 0. The molecule has 2 rings (SSSR count). The highest BCUT2D eigenvalue weighted by atomic mass is 16.5. The highest BCUT2D eigenvalue weighted by Gasteiger charge is 2.48. The normalized spacial score (nSPS) is 24.5. The van der Waals surface area contributed by atoms with Gasteiger partial charge in [-0.05, 0) is 138 Å². The molecule has 13 amide bonds. The monoisotopic (exact) mass is 1650 g/mol. The van der Waals surface area contributed by atoms with Crippen LogP contribution in [0.1, 0.15) is 199 Å². The average Bonchev–Trinajstić information content (AvgIpc) is 0.801. The summed E-state index contributed by atoms with van der Waals surface area (Å²) in [4.78, 5) is 229. The molecule has 2 heterocycles. The molecule has 0 aromatic heterocycles. The molecule has 2 fully saturated rings. The Morgan fingerprint density at radius 3 is 1.79 bits per heavy atom. The van der Waals surface area contributed by atoms with Gasteiger partial charge in [0, 0.05) is 51.9 Å². The molecule has 0 aromatic rings. The number of carboxylic acids is 2. The number of aliphatic hydroxyl groups is 4. The summed E-state index contributed by atoms with van der Waals surface area (Å²) in [5.41, 5.74) is 23.1. The number of rotatable bonds is 41. The first kappa shape index (κ1) is 103. The maximum atomic E-state index is 15.6. The zero-order valence-corrected chi connectivity index (χ0v) is 70.0. The summed E-state index contributed by atoms with van der Waals surface area (Å²) < 4.78 is 11.8. The van der Waals surface area contributed by atoms with Crippen molar-refractivity contribution in [2.75, 3.05) is 40.4 Å². The summed E-state index contributed by atoms with van der Waals surface area (Å²) in [6.45, 7) is 19.7. The maximum Gasteiger partial charge on any atom is 0.329 e. The van der Waals surface area contributed by atoms with E-state index < -0.39 is 254 Å². The Morgan fingerprint density at radius 1 is 0.638 bits per heavy atom. The Bertz CT molecular complexity index is 3300. The number of nitrogens with zero attached hydrogens (tertiary/aromatic N) is 2. The van der Waals surface area contributed by atoms with Gasteiger partial charge in [0.1, 0.15) is 66.6 Å². The van der Waals surface area contributed by atoms with Crippen LogP contribution in [0.2, 0.25) is 0 Å². The molecule has 0 aromatic carbocycles. The van der Waals surface area contributed by atoms with Crippen LogP contribution in [-0.4, -0.2) is 273 Å². The first-order valence-corrected chi connectivity index (χ1v) is 40.3. The van der Waals surface area contributed by atoms with Gasteiger partial charge in [0.05, 0.1) is 37.2 Å². The van der Waals surface area contributed by atoms with Crippen LogP contribution >= 0.6 is 0 Å². The van der Waals surface area contributed by atoms with Gasteiger partial charge >= 0.3 is 17.9 Å². The maximum absolute atomic E-state index is 15.6. The first-order chi connectivity index (χ1) is 54.2. The lowest BCUT2D eigenvalue weighted by atomic mass is 9.83. The Morgan fingerprint density at radius 2 is 1.24 bits per heavy atom. The van der Waals surface area contributed by atoms with Gasteiger partial charge < -0.3 is 121 Å². The first-order valence-electron chi connectivity index (χ1n) is 40.3. The van der Waals surface area contributed by atoms with Crippen LogP contribution in [0.15, 0.2) is 0 Å². The molecule has 2 aliphatic heterocycles. The minimum atomic E-state index is -2.73. The second kappa shape index (κ2) is 50.8. The molecule has 39 heteroatoms. The molecular formula is C77H135N15O24. The van der Waals surface area contributed by atoms with Crippen molar-refractivity contribution in [3.63, 3.8) is 0 Å². The number of ether oxygens (including phenoxy) is 2. The van der Waals surface area contributed by atoms with Crippen molar-refractivity contribution >= 4 is 94.7 Å². The van der Waals surface area contributed by atoms with E-state index in [2.05, 4.69) is 61.7 Å². The van der Waals surface area contributed by atoms with Crippen LogP contribution in [0, 0.1) is 53.3 Å². The van der Waals surface area contributed by atoms with E-state index in [0.717, 1.165) is 22.6 Å². The van der Waals surface area contributed by atoms with Crippen LogP contribution in [0.25, 0.3) is 0 Å². The number of aliphatic carboxylic acids is 2. The van der Waals surface area contributed by atoms with Crippen LogP contribution < -0.4 is 70.8 Å². The van der Waals surface area contributed by atoms with Gasteiger partial charge in [-0.15, -0.1) is 0 Å². The smallest absolute Gasteiger partial charge is 0.329 e. The summed E-state index contributed by atoms with van der Waals surface area (Å²) in [6, 6.07) is -19.6. The number of fused-ring (bicyclic) bond motifs is 1. The molecule has 2 aliphatic rings. The fourth-order valence-corrected chi connectivity index (χ4v) is 14.1. The number of nitrogens with two attached hydrogens (primary N) is 4. The average molecular weight is 1660 g/mol. The molecule has 0 saturated carbocycles. The van der Waals surface area contributed by atoms with Crippen molar-refractivity contribution in [2.45, 2.75) is 296 Å². The van der Waals surface area contributed by atoms with Crippen LogP contribution in [0.5, 0.6) is 0 Å². The van der Waals surface area contributed by atoms with E-state index in [4.69, 9.17) is 32.4 Å². The van der Waals surface area contributed by atoms with E-state index in [-0.39, 0.29) is 102 Å². The van der Waals surface area contributed by atoms with Gasteiger partial charge in [0.25, 0.3) is 5.91 Å². The minimum absolute atomic E-state index is 0.0130. The predicted molar refractivity (Wildman–Crippen MR) is 421 cm³/mol. The summed E-state index contributed by atoms with van der Waals surface area (Å²) in [7, 11) is 2.45. The second-order valence-corrected chi connectivity index (χ2v) is 32.3. The summed E-state index contributed by atoms with van der Waals surface area (Å²) in [6.07, 6.45) is -11.2. The number of carbonyl (C=O) groups excluding carboxylic acids is 14. The fraction of sp³-hybridized carbons (Fsp3) is 0.792. The van der Waals surface area contributed by atoms with Crippen molar-refractivity contribution in [1.29, 1.82) is 0 Å². The molecule has 0 unspecified atom stereocenters.